The van der Waals surface area contributed by atoms with Gasteiger partial charge in [0.2, 0.25) is 0 Å². The lowest BCUT2D eigenvalue weighted by Crippen LogP contribution is -2.11. The number of nitrogens with zero attached hydrogens (tertiary/aromatic N) is 1. The molecular formula is C7H4F2N2O. The van der Waals surface area contributed by atoms with Crippen LogP contribution in [0.3, 0.4) is 0 Å². The van der Waals surface area contributed by atoms with Crippen LogP contribution in [0.2, 0.25) is 0 Å². The summed E-state index contributed by atoms with van der Waals surface area (Å²) in [6, 6.07) is 3.66. The summed E-state index contributed by atoms with van der Waals surface area (Å²) in [4.78, 5) is 12.7. The van der Waals surface area contributed by atoms with Gasteiger partial charge in [0.1, 0.15) is 11.6 Å². The number of nitrogens with one attached hydrogen (secondary N) is 1. The van der Waals surface area contributed by atoms with Crippen LogP contribution in [-0.4, -0.2) is 4.98 Å². The van der Waals surface area contributed by atoms with Gasteiger partial charge in [-0.2, -0.15) is 5.26 Å². The van der Waals surface area contributed by atoms with Crippen molar-refractivity contribution in [1.82, 2.24) is 4.98 Å². The topological polar surface area (TPSA) is 56.6 Å². The van der Waals surface area contributed by atoms with Crippen molar-refractivity contribution in [3.8, 4) is 6.07 Å². The molecule has 5 heteroatoms. The Bertz CT molecular complexity index is 378. The van der Waals surface area contributed by atoms with Crippen LogP contribution in [0.1, 0.15) is 17.7 Å². The number of halogens is 2. The van der Waals surface area contributed by atoms with Gasteiger partial charge in [-0.15, -0.1) is 0 Å². The van der Waals surface area contributed by atoms with Crippen LogP contribution in [0.4, 0.5) is 8.78 Å². The van der Waals surface area contributed by atoms with Gasteiger partial charge in [0.15, 0.2) is 0 Å². The number of alkyl halides is 2. The summed E-state index contributed by atoms with van der Waals surface area (Å²) >= 11 is 0. The predicted octanol–water partition coefficient (Wildman–Crippen LogP) is 1.18. The lowest BCUT2D eigenvalue weighted by atomic mass is 10.2. The van der Waals surface area contributed by atoms with Crippen molar-refractivity contribution in [2.45, 2.75) is 6.43 Å². The maximum absolute atomic E-state index is 11.9. The number of nitriles is 1. The lowest BCUT2D eigenvalue weighted by Gasteiger charge is -1.97. The normalized spacial score (nSPS) is 9.83. The number of pyridine rings is 1. The molecule has 0 saturated heterocycles. The molecule has 1 N–H and O–H groups in total. The minimum atomic E-state index is -2.72. The largest absolute Gasteiger partial charge is 0.320 e. The first-order valence-electron chi connectivity index (χ1n) is 3.06. The maximum Gasteiger partial charge on any atom is 0.278 e. The van der Waals surface area contributed by atoms with Crippen molar-refractivity contribution >= 4 is 0 Å². The van der Waals surface area contributed by atoms with E-state index in [9.17, 15) is 13.6 Å². The Kier molecular flexibility index (Phi) is 2.19. The number of rotatable bonds is 1. The fraction of sp³-hybridized carbons (Fsp3) is 0.143. The second kappa shape index (κ2) is 3.13. The standard InChI is InChI=1S/C7H4F2N2O/c8-6(9)5-2-1-4(3-10)7(12)11-5/h1-2,6H,(H,11,12). The van der Waals surface area contributed by atoms with Crippen LogP contribution in [0.5, 0.6) is 0 Å². The third-order valence-corrected chi connectivity index (χ3v) is 1.29. The Morgan fingerprint density at radius 3 is 2.58 bits per heavy atom. The molecule has 1 rings (SSSR count). The van der Waals surface area contributed by atoms with E-state index in [-0.39, 0.29) is 5.56 Å². The van der Waals surface area contributed by atoms with E-state index in [1.165, 1.54) is 0 Å². The summed E-state index contributed by atoms with van der Waals surface area (Å²) in [5.41, 5.74) is -1.42. The van der Waals surface area contributed by atoms with E-state index in [4.69, 9.17) is 5.26 Å². The summed E-state index contributed by atoms with van der Waals surface area (Å²) in [6.45, 7) is 0. The smallest absolute Gasteiger partial charge is 0.278 e. The predicted molar refractivity (Wildman–Crippen MR) is 36.7 cm³/mol. The van der Waals surface area contributed by atoms with Crippen LogP contribution in [0.25, 0.3) is 0 Å². The second-order valence-electron chi connectivity index (χ2n) is 2.07. The molecule has 0 aromatic carbocycles. The monoisotopic (exact) mass is 170 g/mol. The summed E-state index contributed by atoms with van der Waals surface area (Å²) in [5.74, 6) is 0. The molecule has 0 aliphatic heterocycles. The van der Waals surface area contributed by atoms with Gasteiger partial charge in [-0.05, 0) is 12.1 Å². The Labute approximate surface area is 66.3 Å². The zero-order chi connectivity index (χ0) is 9.14. The Morgan fingerprint density at radius 1 is 1.50 bits per heavy atom. The van der Waals surface area contributed by atoms with Crippen LogP contribution >= 0.6 is 0 Å². The molecule has 0 aliphatic rings. The van der Waals surface area contributed by atoms with Crippen molar-refractivity contribution in [3.05, 3.63) is 33.7 Å². The van der Waals surface area contributed by atoms with Crippen LogP contribution < -0.4 is 5.56 Å². The van der Waals surface area contributed by atoms with Gasteiger partial charge in [0, 0.05) is 0 Å². The van der Waals surface area contributed by atoms with E-state index in [2.05, 4.69) is 0 Å². The molecule has 1 aromatic rings. The van der Waals surface area contributed by atoms with Gasteiger partial charge in [-0.1, -0.05) is 0 Å². The van der Waals surface area contributed by atoms with Crippen molar-refractivity contribution in [2.75, 3.05) is 0 Å². The van der Waals surface area contributed by atoms with Crippen molar-refractivity contribution in [3.63, 3.8) is 0 Å². The first kappa shape index (κ1) is 8.40. The van der Waals surface area contributed by atoms with Gasteiger partial charge < -0.3 is 4.98 Å². The molecule has 0 saturated carbocycles. The number of hydrogen-bond acceptors (Lipinski definition) is 2. The van der Waals surface area contributed by atoms with Crippen LogP contribution in [-0.2, 0) is 0 Å². The molecule has 1 aromatic heterocycles. The fourth-order valence-corrected chi connectivity index (χ4v) is 0.704. The molecule has 0 bridgehead atoms. The third-order valence-electron chi connectivity index (χ3n) is 1.29. The van der Waals surface area contributed by atoms with Crippen LogP contribution in [0.15, 0.2) is 16.9 Å². The number of aromatic nitrogens is 1. The number of H-pyrrole nitrogens is 1. The Hall–Kier alpha value is -1.70. The molecule has 0 radical (unpaired) electrons. The lowest BCUT2D eigenvalue weighted by molar-refractivity contribution is 0.146. The average Bonchev–Trinajstić information content (AvgIpc) is 2.04. The highest BCUT2D eigenvalue weighted by molar-refractivity contribution is 5.26. The molecule has 12 heavy (non-hydrogen) atoms. The minimum absolute atomic E-state index is 0.167. The molecule has 1 heterocycles. The van der Waals surface area contributed by atoms with E-state index >= 15 is 0 Å². The van der Waals surface area contributed by atoms with Gasteiger partial charge in [-0.25, -0.2) is 8.78 Å². The number of aromatic amines is 1. The van der Waals surface area contributed by atoms with E-state index in [0.717, 1.165) is 12.1 Å². The molecule has 0 spiro atoms. The minimum Gasteiger partial charge on any atom is -0.320 e. The highest BCUT2D eigenvalue weighted by atomic mass is 19.3. The molecule has 0 amide bonds. The molecule has 0 unspecified atom stereocenters. The molecule has 0 fully saturated rings. The van der Waals surface area contributed by atoms with Gasteiger partial charge in [0.05, 0.1) is 5.69 Å². The highest BCUT2D eigenvalue weighted by Gasteiger charge is 2.08. The second-order valence-corrected chi connectivity index (χ2v) is 2.07. The van der Waals surface area contributed by atoms with E-state index in [0.29, 0.717) is 0 Å². The first-order chi connectivity index (χ1) is 5.65. The average molecular weight is 170 g/mol. The Balaban J connectivity index is 3.22. The van der Waals surface area contributed by atoms with Crippen molar-refractivity contribution in [1.29, 1.82) is 5.26 Å². The fourth-order valence-electron chi connectivity index (χ4n) is 0.704. The molecular weight excluding hydrogens is 166 g/mol. The van der Waals surface area contributed by atoms with Crippen molar-refractivity contribution in [2.24, 2.45) is 0 Å². The molecule has 3 nitrogen and oxygen atoms in total. The van der Waals surface area contributed by atoms with E-state index in [1.807, 2.05) is 4.98 Å². The maximum atomic E-state index is 11.9. The first-order valence-corrected chi connectivity index (χ1v) is 3.06. The highest BCUT2D eigenvalue weighted by Crippen LogP contribution is 2.13. The molecule has 0 atom stereocenters. The van der Waals surface area contributed by atoms with Gasteiger partial charge in [-0.3, -0.25) is 4.79 Å². The zero-order valence-electron chi connectivity index (χ0n) is 5.84. The quantitative estimate of drug-likeness (QED) is 0.688. The number of hydrogen-bond donors (Lipinski definition) is 1. The molecule has 0 aliphatic carbocycles. The summed E-state index contributed by atoms with van der Waals surface area (Å²) < 4.78 is 23.9. The van der Waals surface area contributed by atoms with Gasteiger partial charge in [0.25, 0.3) is 12.0 Å². The van der Waals surface area contributed by atoms with E-state index in [1.54, 1.807) is 6.07 Å². The molecule has 62 valence electrons. The summed E-state index contributed by atoms with van der Waals surface area (Å²) in [7, 11) is 0. The Morgan fingerprint density at radius 2 is 2.17 bits per heavy atom. The van der Waals surface area contributed by atoms with Crippen molar-refractivity contribution < 1.29 is 8.78 Å². The third kappa shape index (κ3) is 1.48. The SMILES string of the molecule is N#Cc1ccc(C(F)F)[nH]c1=O. The van der Waals surface area contributed by atoms with E-state index < -0.39 is 17.7 Å². The summed E-state index contributed by atoms with van der Waals surface area (Å²) in [5, 5.41) is 8.29. The van der Waals surface area contributed by atoms with Crippen LogP contribution in [0, 0.1) is 11.3 Å². The summed E-state index contributed by atoms with van der Waals surface area (Å²) in [6.07, 6.45) is -2.72. The van der Waals surface area contributed by atoms with Gasteiger partial charge >= 0.3 is 0 Å². The zero-order valence-corrected chi connectivity index (χ0v) is 5.84.